The molecule has 0 saturated carbocycles. The summed E-state index contributed by atoms with van der Waals surface area (Å²) in [4.78, 5) is 11.3. The highest BCUT2D eigenvalue weighted by Crippen LogP contribution is 2.06. The van der Waals surface area contributed by atoms with Crippen molar-refractivity contribution in [2.75, 3.05) is 24.2 Å². The first-order valence-corrected chi connectivity index (χ1v) is 6.59. The molecule has 0 aliphatic rings. The normalized spacial score (nSPS) is 12.5. The molecule has 0 amide bonds. The van der Waals surface area contributed by atoms with Crippen molar-refractivity contribution in [3.63, 3.8) is 0 Å². The number of ether oxygens (including phenoxy) is 2. The lowest BCUT2D eigenvalue weighted by molar-refractivity contribution is -0.150. The predicted molar refractivity (Wildman–Crippen MR) is 64.7 cm³/mol. The molecule has 14 heavy (non-hydrogen) atoms. The molecule has 0 N–H and O–H groups in total. The Balaban J connectivity index is 3.62. The average molecular weight is 314 g/mol. The van der Waals surface area contributed by atoms with Gasteiger partial charge in [-0.2, -0.15) is 0 Å². The first-order chi connectivity index (χ1) is 6.76. The zero-order valence-electron chi connectivity index (χ0n) is 8.92. The molecule has 4 heteroatoms. The van der Waals surface area contributed by atoms with Crippen LogP contribution in [0.3, 0.4) is 0 Å². The average Bonchev–Trinajstić information content (AvgIpc) is 2.18. The number of carbonyl (C=O) groups is 1. The predicted octanol–water partition coefficient (Wildman–Crippen LogP) is 2.42. The highest BCUT2D eigenvalue weighted by Gasteiger charge is 2.17. The van der Waals surface area contributed by atoms with Crippen LogP contribution in [0.15, 0.2) is 0 Å². The van der Waals surface area contributed by atoms with Crippen molar-refractivity contribution in [3.8, 4) is 0 Å². The fraction of sp³-hybridized carbons (Fsp3) is 0.900. The number of hydrogen-bond donors (Lipinski definition) is 0. The molecular formula is C10H19IO3. The summed E-state index contributed by atoms with van der Waals surface area (Å²) in [6.07, 6.45) is 1.82. The van der Waals surface area contributed by atoms with Crippen LogP contribution in [0, 0.1) is 5.92 Å². The third-order valence-corrected chi connectivity index (χ3v) is 2.62. The van der Waals surface area contributed by atoms with Crippen LogP contribution in [0.4, 0.5) is 0 Å². The van der Waals surface area contributed by atoms with Gasteiger partial charge in [0.05, 0.1) is 19.1 Å². The first kappa shape index (κ1) is 14.2. The van der Waals surface area contributed by atoms with Gasteiger partial charge in [0.15, 0.2) is 0 Å². The van der Waals surface area contributed by atoms with Crippen molar-refractivity contribution >= 4 is 28.6 Å². The summed E-state index contributed by atoms with van der Waals surface area (Å²) in [7, 11) is 0. The summed E-state index contributed by atoms with van der Waals surface area (Å²) < 4.78 is 11.4. The van der Waals surface area contributed by atoms with Gasteiger partial charge in [-0.25, -0.2) is 0 Å². The Bertz CT molecular complexity index is 150. The molecule has 3 nitrogen and oxygen atoms in total. The largest absolute Gasteiger partial charge is 0.466 e. The zero-order valence-corrected chi connectivity index (χ0v) is 11.1. The van der Waals surface area contributed by atoms with Crippen LogP contribution in [0.5, 0.6) is 0 Å². The molecule has 0 radical (unpaired) electrons. The first-order valence-electron chi connectivity index (χ1n) is 5.06. The maximum atomic E-state index is 11.3. The second-order valence-electron chi connectivity index (χ2n) is 2.97. The minimum absolute atomic E-state index is 0.0934. The van der Waals surface area contributed by atoms with Gasteiger partial charge in [-0.1, -0.05) is 29.5 Å². The summed E-state index contributed by atoms with van der Waals surface area (Å²) >= 11 is 2.31. The summed E-state index contributed by atoms with van der Waals surface area (Å²) in [6.45, 7) is 5.47. The van der Waals surface area contributed by atoms with Gasteiger partial charge in [0.25, 0.3) is 0 Å². The fourth-order valence-corrected chi connectivity index (χ4v) is 1.31. The number of carbonyl (C=O) groups excluding carboxylic acids is 1. The van der Waals surface area contributed by atoms with Crippen molar-refractivity contribution in [1.29, 1.82) is 0 Å². The summed E-state index contributed by atoms with van der Waals surface area (Å²) in [6, 6.07) is 0. The topological polar surface area (TPSA) is 35.5 Å². The number of alkyl halides is 1. The number of hydrogen-bond acceptors (Lipinski definition) is 3. The molecule has 84 valence electrons. The van der Waals surface area contributed by atoms with E-state index in [0.29, 0.717) is 13.2 Å². The highest BCUT2D eigenvalue weighted by atomic mass is 127. The Morgan fingerprint density at radius 2 is 2.14 bits per heavy atom. The summed E-state index contributed by atoms with van der Waals surface area (Å²) in [5.41, 5.74) is 0. The van der Waals surface area contributed by atoms with Gasteiger partial charge in [0.2, 0.25) is 0 Å². The van der Waals surface area contributed by atoms with E-state index in [1.807, 2.05) is 13.8 Å². The molecule has 1 unspecified atom stereocenters. The van der Waals surface area contributed by atoms with E-state index in [1.165, 1.54) is 0 Å². The quantitative estimate of drug-likeness (QED) is 0.299. The Morgan fingerprint density at radius 1 is 1.43 bits per heavy atom. The molecular weight excluding hydrogens is 295 g/mol. The molecule has 0 heterocycles. The Morgan fingerprint density at radius 3 is 2.64 bits per heavy atom. The van der Waals surface area contributed by atoms with E-state index in [-0.39, 0.29) is 11.9 Å². The molecule has 0 rings (SSSR count). The summed E-state index contributed by atoms with van der Waals surface area (Å²) in [5, 5.41) is 0. The van der Waals surface area contributed by atoms with Crippen LogP contribution < -0.4 is 0 Å². The molecule has 0 aliphatic heterocycles. The van der Waals surface area contributed by atoms with E-state index < -0.39 is 0 Å². The zero-order chi connectivity index (χ0) is 10.8. The molecule has 0 aliphatic carbocycles. The van der Waals surface area contributed by atoms with Gasteiger partial charge in [-0.3, -0.25) is 4.79 Å². The van der Waals surface area contributed by atoms with Gasteiger partial charge in [-0.15, -0.1) is 0 Å². The molecule has 0 fully saturated rings. The van der Waals surface area contributed by atoms with Crippen molar-refractivity contribution in [3.05, 3.63) is 0 Å². The van der Waals surface area contributed by atoms with Crippen molar-refractivity contribution in [1.82, 2.24) is 0 Å². The smallest absolute Gasteiger partial charge is 0.311 e. The monoisotopic (exact) mass is 314 g/mol. The number of rotatable bonds is 8. The van der Waals surface area contributed by atoms with Crippen LogP contribution in [0.1, 0.15) is 26.7 Å². The van der Waals surface area contributed by atoms with E-state index >= 15 is 0 Å². The van der Waals surface area contributed by atoms with E-state index in [4.69, 9.17) is 9.47 Å². The third-order valence-electron chi connectivity index (χ3n) is 1.85. The van der Waals surface area contributed by atoms with E-state index in [9.17, 15) is 4.79 Å². The molecule has 0 aromatic carbocycles. The van der Waals surface area contributed by atoms with Gasteiger partial charge in [0.1, 0.15) is 0 Å². The molecule has 0 bridgehead atoms. The number of esters is 1. The van der Waals surface area contributed by atoms with Crippen molar-refractivity contribution in [2.45, 2.75) is 26.7 Å². The minimum Gasteiger partial charge on any atom is -0.466 e. The minimum atomic E-state index is -0.135. The van der Waals surface area contributed by atoms with Crippen molar-refractivity contribution < 1.29 is 14.3 Å². The third kappa shape index (κ3) is 6.59. The lowest BCUT2D eigenvalue weighted by Crippen LogP contribution is -2.22. The molecule has 0 spiro atoms. The molecule has 1 atom stereocenters. The van der Waals surface area contributed by atoms with Gasteiger partial charge in [0, 0.05) is 11.0 Å². The Kier molecular flexibility index (Phi) is 9.82. The van der Waals surface area contributed by atoms with Crippen LogP contribution >= 0.6 is 22.6 Å². The lowest BCUT2D eigenvalue weighted by atomic mass is 10.1. The standard InChI is InChI=1S/C10H19IO3/c1-3-9(10(12)14-4-2)8-13-7-5-6-11/h9H,3-8H2,1-2H3. The second kappa shape index (κ2) is 9.71. The Labute approximate surface area is 99.7 Å². The fourth-order valence-electron chi connectivity index (χ4n) is 0.995. The summed E-state index contributed by atoms with van der Waals surface area (Å²) in [5.74, 6) is -0.228. The molecule has 0 aromatic heterocycles. The SMILES string of the molecule is CCOC(=O)C(CC)COCCCI. The maximum Gasteiger partial charge on any atom is 0.311 e. The highest BCUT2D eigenvalue weighted by molar-refractivity contribution is 14.1. The maximum absolute atomic E-state index is 11.3. The molecule has 0 saturated heterocycles. The van der Waals surface area contributed by atoms with Gasteiger partial charge in [-0.05, 0) is 19.8 Å². The van der Waals surface area contributed by atoms with Crippen LogP contribution in [-0.4, -0.2) is 30.2 Å². The van der Waals surface area contributed by atoms with Crippen LogP contribution in [0.25, 0.3) is 0 Å². The molecule has 0 aromatic rings. The Hall–Kier alpha value is 0.160. The van der Waals surface area contributed by atoms with Gasteiger partial charge >= 0.3 is 5.97 Å². The van der Waals surface area contributed by atoms with Gasteiger partial charge < -0.3 is 9.47 Å². The lowest BCUT2D eigenvalue weighted by Gasteiger charge is -2.13. The van der Waals surface area contributed by atoms with Crippen LogP contribution in [-0.2, 0) is 14.3 Å². The number of halogens is 1. The van der Waals surface area contributed by atoms with Crippen molar-refractivity contribution in [2.24, 2.45) is 5.92 Å². The van der Waals surface area contributed by atoms with E-state index in [0.717, 1.165) is 23.9 Å². The van der Waals surface area contributed by atoms with Crippen LogP contribution in [0.2, 0.25) is 0 Å². The van der Waals surface area contributed by atoms with E-state index in [1.54, 1.807) is 0 Å². The van der Waals surface area contributed by atoms with E-state index in [2.05, 4.69) is 22.6 Å². The second-order valence-corrected chi connectivity index (χ2v) is 4.05.